The van der Waals surface area contributed by atoms with Crippen molar-refractivity contribution in [2.24, 2.45) is 0 Å². The van der Waals surface area contributed by atoms with Crippen molar-refractivity contribution in [3.05, 3.63) is 111 Å². The van der Waals surface area contributed by atoms with Gasteiger partial charge in [0, 0.05) is 34.0 Å². The van der Waals surface area contributed by atoms with Gasteiger partial charge in [0.15, 0.2) is 0 Å². The van der Waals surface area contributed by atoms with Crippen LogP contribution >= 0.6 is 23.1 Å². The molecule has 4 aromatic rings. The quantitative estimate of drug-likeness (QED) is 0.116. The molecule has 3 aromatic carbocycles. The summed E-state index contributed by atoms with van der Waals surface area (Å²) in [5.74, 6) is -1.16. The second kappa shape index (κ2) is 12.9. The molecule has 0 saturated carbocycles. The number of benzene rings is 3. The molecule has 1 atom stereocenters. The molecule has 0 saturated heterocycles. The van der Waals surface area contributed by atoms with Crippen LogP contribution in [0.4, 0.5) is 22.1 Å². The SMILES string of the molecule is Cc1c(C(=O)Nc2ccccc2)sc(NC(=O)C(C)Sc2cccc(NC(=O)c3ccc([N+](=O)[O-])cc3)c2)c1C#N. The summed E-state index contributed by atoms with van der Waals surface area (Å²) in [5.41, 5.74) is 1.97. The van der Waals surface area contributed by atoms with Gasteiger partial charge in [-0.25, -0.2) is 0 Å². The van der Waals surface area contributed by atoms with E-state index in [0.29, 0.717) is 31.7 Å². The van der Waals surface area contributed by atoms with Crippen LogP contribution in [0.3, 0.4) is 0 Å². The van der Waals surface area contributed by atoms with Crippen LogP contribution in [0.5, 0.6) is 0 Å². The molecule has 0 aliphatic carbocycles. The average Bonchev–Trinajstić information content (AvgIpc) is 3.28. The Morgan fingerprint density at radius 1 is 0.927 bits per heavy atom. The molecule has 0 aliphatic heterocycles. The molecule has 12 heteroatoms. The molecule has 0 aliphatic rings. The summed E-state index contributed by atoms with van der Waals surface area (Å²) in [6.45, 7) is 3.37. The lowest BCUT2D eigenvalue weighted by molar-refractivity contribution is -0.384. The number of nitro benzene ring substituents is 1. The molecule has 1 aromatic heterocycles. The number of non-ortho nitro benzene ring substituents is 1. The largest absolute Gasteiger partial charge is 0.322 e. The first kappa shape index (κ1) is 29.0. The van der Waals surface area contributed by atoms with Crippen molar-refractivity contribution in [1.82, 2.24) is 0 Å². The zero-order chi connectivity index (χ0) is 29.5. The number of nitrogens with zero attached hydrogens (tertiary/aromatic N) is 2. The molecule has 1 unspecified atom stereocenters. The Labute approximate surface area is 243 Å². The number of rotatable bonds is 9. The van der Waals surface area contributed by atoms with E-state index in [0.717, 1.165) is 11.3 Å². The number of nitro groups is 1. The maximum absolute atomic E-state index is 13.0. The van der Waals surface area contributed by atoms with Gasteiger partial charge in [-0.05, 0) is 61.9 Å². The average molecular weight is 586 g/mol. The second-order valence-corrected chi connectivity index (χ2v) is 11.2. The second-order valence-electron chi connectivity index (χ2n) is 8.73. The molecule has 41 heavy (non-hydrogen) atoms. The van der Waals surface area contributed by atoms with Crippen LogP contribution in [-0.2, 0) is 4.79 Å². The van der Waals surface area contributed by atoms with E-state index in [1.54, 1.807) is 62.4 Å². The van der Waals surface area contributed by atoms with Crippen LogP contribution in [-0.4, -0.2) is 27.9 Å². The number of para-hydroxylation sites is 1. The predicted molar refractivity (Wildman–Crippen MR) is 160 cm³/mol. The normalized spacial score (nSPS) is 11.1. The van der Waals surface area contributed by atoms with Gasteiger partial charge in [-0.1, -0.05) is 24.3 Å². The van der Waals surface area contributed by atoms with Gasteiger partial charge in [0.05, 0.1) is 20.6 Å². The molecule has 206 valence electrons. The number of hydrogen-bond acceptors (Lipinski definition) is 8. The maximum atomic E-state index is 13.0. The van der Waals surface area contributed by atoms with Crippen molar-refractivity contribution in [1.29, 1.82) is 5.26 Å². The van der Waals surface area contributed by atoms with E-state index in [1.165, 1.54) is 36.0 Å². The van der Waals surface area contributed by atoms with E-state index < -0.39 is 16.1 Å². The predicted octanol–water partition coefficient (Wildman–Crippen LogP) is 6.46. The van der Waals surface area contributed by atoms with Gasteiger partial charge in [0.25, 0.3) is 17.5 Å². The number of thioether (sulfide) groups is 1. The van der Waals surface area contributed by atoms with E-state index in [-0.39, 0.29) is 28.6 Å². The van der Waals surface area contributed by atoms with Crippen molar-refractivity contribution in [2.75, 3.05) is 16.0 Å². The summed E-state index contributed by atoms with van der Waals surface area (Å²) in [4.78, 5) is 49.8. The summed E-state index contributed by atoms with van der Waals surface area (Å²) in [6.07, 6.45) is 0. The Bertz CT molecular complexity index is 1660. The fourth-order valence-electron chi connectivity index (χ4n) is 3.72. The first-order valence-electron chi connectivity index (χ1n) is 12.2. The summed E-state index contributed by atoms with van der Waals surface area (Å²) in [6, 6.07) is 23.2. The number of carbonyl (C=O) groups excluding carboxylic acids is 3. The van der Waals surface area contributed by atoms with Crippen molar-refractivity contribution >= 4 is 62.9 Å². The molecule has 0 bridgehead atoms. The lowest BCUT2D eigenvalue weighted by atomic mass is 10.1. The minimum atomic E-state index is -0.578. The van der Waals surface area contributed by atoms with Crippen molar-refractivity contribution in [3.63, 3.8) is 0 Å². The first-order valence-corrected chi connectivity index (χ1v) is 13.9. The van der Waals surface area contributed by atoms with Gasteiger partial charge >= 0.3 is 0 Å². The van der Waals surface area contributed by atoms with Gasteiger partial charge in [0.2, 0.25) is 5.91 Å². The number of amides is 3. The Hall–Kier alpha value is -4.99. The van der Waals surface area contributed by atoms with E-state index in [1.807, 2.05) is 6.07 Å². The highest BCUT2D eigenvalue weighted by Gasteiger charge is 2.24. The topological polar surface area (TPSA) is 154 Å². The van der Waals surface area contributed by atoms with Crippen LogP contribution in [0.25, 0.3) is 0 Å². The minimum absolute atomic E-state index is 0.113. The Morgan fingerprint density at radius 3 is 2.24 bits per heavy atom. The maximum Gasteiger partial charge on any atom is 0.269 e. The standard InChI is InChI=1S/C29H23N5O5S2/c1-17-24(16-30)29(41-25(17)28(37)31-20-7-4-3-5-8-20)33-26(35)18(2)40-23-10-6-9-21(15-23)32-27(36)19-11-13-22(14-12-19)34(38)39/h3-15,18H,1-2H3,(H,31,37)(H,32,36)(H,33,35). The lowest BCUT2D eigenvalue weighted by Crippen LogP contribution is -2.22. The number of nitrogens with one attached hydrogen (secondary N) is 3. The molecule has 1 heterocycles. The Kier molecular flexibility index (Phi) is 9.13. The van der Waals surface area contributed by atoms with Crippen molar-refractivity contribution in [2.45, 2.75) is 24.0 Å². The highest BCUT2D eigenvalue weighted by molar-refractivity contribution is 8.00. The monoisotopic (exact) mass is 585 g/mol. The van der Waals surface area contributed by atoms with E-state index in [2.05, 4.69) is 22.0 Å². The molecule has 4 rings (SSSR count). The number of anilines is 3. The Morgan fingerprint density at radius 2 is 1.59 bits per heavy atom. The zero-order valence-corrected chi connectivity index (χ0v) is 23.5. The third kappa shape index (κ3) is 7.16. The number of carbonyl (C=O) groups is 3. The summed E-state index contributed by atoms with van der Waals surface area (Å²) in [7, 11) is 0. The molecule has 0 radical (unpaired) electrons. The zero-order valence-electron chi connectivity index (χ0n) is 21.8. The van der Waals surface area contributed by atoms with Gasteiger partial charge in [-0.2, -0.15) is 5.26 Å². The molecular weight excluding hydrogens is 562 g/mol. The third-order valence-corrected chi connectivity index (χ3v) is 8.15. The summed E-state index contributed by atoms with van der Waals surface area (Å²) < 4.78 is 0. The smallest absolute Gasteiger partial charge is 0.269 e. The number of nitriles is 1. The highest BCUT2D eigenvalue weighted by atomic mass is 32.2. The third-order valence-electron chi connectivity index (χ3n) is 5.85. The fraction of sp³-hybridized carbons (Fsp3) is 0.103. The summed E-state index contributed by atoms with van der Waals surface area (Å²) >= 11 is 2.29. The van der Waals surface area contributed by atoms with E-state index >= 15 is 0 Å². The van der Waals surface area contributed by atoms with Gasteiger partial charge in [0.1, 0.15) is 11.1 Å². The van der Waals surface area contributed by atoms with Crippen LogP contribution in [0.2, 0.25) is 0 Å². The van der Waals surface area contributed by atoms with E-state index in [4.69, 9.17) is 0 Å². The molecule has 3 amide bonds. The van der Waals surface area contributed by atoms with Crippen LogP contribution in [0.15, 0.2) is 83.8 Å². The summed E-state index contributed by atoms with van der Waals surface area (Å²) in [5, 5.41) is 28.6. The van der Waals surface area contributed by atoms with Crippen LogP contribution < -0.4 is 16.0 Å². The molecular formula is C29H23N5O5S2. The van der Waals surface area contributed by atoms with Crippen molar-refractivity contribution in [3.8, 4) is 6.07 Å². The van der Waals surface area contributed by atoms with Crippen LogP contribution in [0, 0.1) is 28.4 Å². The highest BCUT2D eigenvalue weighted by Crippen LogP contribution is 2.34. The number of thiophene rings is 1. The molecule has 10 nitrogen and oxygen atoms in total. The van der Waals surface area contributed by atoms with Gasteiger partial charge in [-0.3, -0.25) is 24.5 Å². The lowest BCUT2D eigenvalue weighted by Gasteiger charge is -2.12. The molecule has 0 fully saturated rings. The number of hydrogen-bond donors (Lipinski definition) is 3. The Balaban J connectivity index is 1.41. The molecule has 3 N–H and O–H groups in total. The van der Waals surface area contributed by atoms with Crippen molar-refractivity contribution < 1.29 is 19.3 Å². The van der Waals surface area contributed by atoms with E-state index in [9.17, 15) is 29.8 Å². The fourth-order valence-corrected chi connectivity index (χ4v) is 5.70. The van der Waals surface area contributed by atoms with Gasteiger partial charge in [-0.15, -0.1) is 23.1 Å². The van der Waals surface area contributed by atoms with Gasteiger partial charge < -0.3 is 16.0 Å². The first-order chi connectivity index (χ1) is 19.7. The molecule has 0 spiro atoms. The van der Waals surface area contributed by atoms with Crippen LogP contribution in [0.1, 0.15) is 38.1 Å². The minimum Gasteiger partial charge on any atom is -0.322 e.